The van der Waals surface area contributed by atoms with Gasteiger partial charge in [-0.3, -0.25) is 14.9 Å². The molecular formula is C23H34N4O4. The SMILES string of the molecule is CC(C)(C)OC(=O)NCCN1CCC(c2ccc(NC3CCC(=O)NC3=O)cc2)CC1. The zero-order valence-corrected chi connectivity index (χ0v) is 18.7. The highest BCUT2D eigenvalue weighted by molar-refractivity contribution is 6.01. The van der Waals surface area contributed by atoms with Crippen molar-refractivity contribution < 1.29 is 19.1 Å². The van der Waals surface area contributed by atoms with E-state index in [9.17, 15) is 14.4 Å². The molecular weight excluding hydrogens is 396 g/mol. The molecule has 0 aliphatic carbocycles. The van der Waals surface area contributed by atoms with E-state index in [0.717, 1.165) is 38.2 Å². The Kier molecular flexibility index (Phi) is 7.54. The molecule has 0 radical (unpaired) electrons. The van der Waals surface area contributed by atoms with Crippen molar-refractivity contribution in [3.8, 4) is 0 Å². The maximum Gasteiger partial charge on any atom is 0.407 e. The molecule has 2 heterocycles. The fraction of sp³-hybridized carbons (Fsp3) is 0.609. The van der Waals surface area contributed by atoms with E-state index >= 15 is 0 Å². The van der Waals surface area contributed by atoms with E-state index in [0.29, 0.717) is 25.3 Å². The third kappa shape index (κ3) is 7.24. The molecule has 2 aliphatic heterocycles. The first-order valence-electron chi connectivity index (χ1n) is 11.1. The number of hydrogen-bond acceptors (Lipinski definition) is 6. The summed E-state index contributed by atoms with van der Waals surface area (Å²) in [4.78, 5) is 37.3. The maximum absolute atomic E-state index is 11.9. The summed E-state index contributed by atoms with van der Waals surface area (Å²) in [5.74, 6) is 0.0546. The van der Waals surface area contributed by atoms with Crippen LogP contribution in [-0.2, 0) is 14.3 Å². The Morgan fingerprint density at radius 1 is 1.13 bits per heavy atom. The predicted octanol–water partition coefficient (Wildman–Crippen LogP) is 2.61. The number of amides is 3. The third-order valence-corrected chi connectivity index (χ3v) is 5.65. The summed E-state index contributed by atoms with van der Waals surface area (Å²) in [7, 11) is 0. The monoisotopic (exact) mass is 430 g/mol. The van der Waals surface area contributed by atoms with E-state index in [1.807, 2.05) is 32.9 Å². The number of anilines is 1. The molecule has 2 saturated heterocycles. The molecule has 2 fully saturated rings. The van der Waals surface area contributed by atoms with Gasteiger partial charge in [0.05, 0.1) is 0 Å². The van der Waals surface area contributed by atoms with Crippen molar-refractivity contribution in [3.05, 3.63) is 29.8 Å². The Labute approximate surface area is 184 Å². The molecule has 0 spiro atoms. The van der Waals surface area contributed by atoms with Gasteiger partial charge in [-0.2, -0.15) is 0 Å². The minimum Gasteiger partial charge on any atom is -0.444 e. The largest absolute Gasteiger partial charge is 0.444 e. The molecule has 1 atom stereocenters. The highest BCUT2D eigenvalue weighted by atomic mass is 16.6. The Balaban J connectivity index is 1.39. The van der Waals surface area contributed by atoms with Gasteiger partial charge in [0.1, 0.15) is 11.6 Å². The van der Waals surface area contributed by atoms with E-state index in [1.54, 1.807) is 0 Å². The van der Waals surface area contributed by atoms with E-state index in [2.05, 4.69) is 33.0 Å². The normalized spacial score (nSPS) is 20.8. The smallest absolute Gasteiger partial charge is 0.407 e. The van der Waals surface area contributed by atoms with Gasteiger partial charge in [-0.25, -0.2) is 4.79 Å². The molecule has 1 unspecified atom stereocenters. The van der Waals surface area contributed by atoms with Gasteiger partial charge in [0.2, 0.25) is 11.8 Å². The summed E-state index contributed by atoms with van der Waals surface area (Å²) >= 11 is 0. The fourth-order valence-electron chi connectivity index (χ4n) is 4.00. The topological polar surface area (TPSA) is 99.8 Å². The highest BCUT2D eigenvalue weighted by Gasteiger charge is 2.26. The zero-order chi connectivity index (χ0) is 22.4. The van der Waals surface area contributed by atoms with Crippen LogP contribution in [0.1, 0.15) is 57.9 Å². The molecule has 0 saturated carbocycles. The van der Waals surface area contributed by atoms with Crippen molar-refractivity contribution in [2.75, 3.05) is 31.5 Å². The molecule has 1 aromatic rings. The number of carbonyl (C=O) groups is 3. The van der Waals surface area contributed by atoms with Crippen LogP contribution in [0.5, 0.6) is 0 Å². The van der Waals surface area contributed by atoms with E-state index in [-0.39, 0.29) is 23.9 Å². The summed E-state index contributed by atoms with van der Waals surface area (Å²) in [5, 5.41) is 8.41. The van der Waals surface area contributed by atoms with Gasteiger partial charge in [0.25, 0.3) is 0 Å². The number of imide groups is 1. The predicted molar refractivity (Wildman–Crippen MR) is 119 cm³/mol. The van der Waals surface area contributed by atoms with Crippen LogP contribution in [0, 0.1) is 0 Å². The van der Waals surface area contributed by atoms with Crippen molar-refractivity contribution >= 4 is 23.6 Å². The lowest BCUT2D eigenvalue weighted by atomic mass is 9.89. The van der Waals surface area contributed by atoms with Crippen LogP contribution in [-0.4, -0.2) is 60.6 Å². The van der Waals surface area contributed by atoms with Crippen LogP contribution in [0.15, 0.2) is 24.3 Å². The number of benzene rings is 1. The lowest BCUT2D eigenvalue weighted by Gasteiger charge is -2.32. The average molecular weight is 431 g/mol. The van der Waals surface area contributed by atoms with Crippen molar-refractivity contribution in [1.29, 1.82) is 0 Å². The molecule has 3 amide bonds. The molecule has 8 heteroatoms. The number of alkyl carbamates (subject to hydrolysis) is 1. The number of likely N-dealkylation sites (tertiary alicyclic amines) is 1. The number of hydrogen-bond donors (Lipinski definition) is 3. The van der Waals surface area contributed by atoms with Gasteiger partial charge in [-0.15, -0.1) is 0 Å². The zero-order valence-electron chi connectivity index (χ0n) is 18.7. The quantitative estimate of drug-likeness (QED) is 0.600. The van der Waals surface area contributed by atoms with Crippen molar-refractivity contribution in [2.24, 2.45) is 0 Å². The van der Waals surface area contributed by atoms with E-state index in [4.69, 9.17) is 4.74 Å². The number of rotatable bonds is 6. The van der Waals surface area contributed by atoms with Gasteiger partial charge in [-0.05, 0) is 76.7 Å². The molecule has 0 bridgehead atoms. The standard InChI is InChI=1S/C23H34N4O4/c1-23(2,3)31-22(30)24-12-15-27-13-10-17(11-14-27)16-4-6-18(7-5-16)25-19-8-9-20(28)26-21(19)29/h4-7,17,19,25H,8-15H2,1-3H3,(H,24,30)(H,26,28,29). The van der Waals surface area contributed by atoms with Crippen LogP contribution in [0.4, 0.5) is 10.5 Å². The molecule has 3 N–H and O–H groups in total. The molecule has 31 heavy (non-hydrogen) atoms. The third-order valence-electron chi connectivity index (χ3n) is 5.65. The Hall–Kier alpha value is -2.61. The molecule has 1 aromatic carbocycles. The molecule has 0 aromatic heterocycles. The fourth-order valence-corrected chi connectivity index (χ4v) is 4.00. The first-order chi connectivity index (χ1) is 14.7. The number of nitrogens with zero attached hydrogens (tertiary/aromatic N) is 1. The summed E-state index contributed by atoms with van der Waals surface area (Å²) < 4.78 is 5.26. The lowest BCUT2D eigenvalue weighted by Crippen LogP contribution is -2.47. The van der Waals surface area contributed by atoms with Gasteiger partial charge < -0.3 is 20.3 Å². The van der Waals surface area contributed by atoms with Gasteiger partial charge in [-0.1, -0.05) is 12.1 Å². The Morgan fingerprint density at radius 3 is 2.42 bits per heavy atom. The second kappa shape index (κ2) is 10.1. The minimum atomic E-state index is -0.477. The molecule has 170 valence electrons. The van der Waals surface area contributed by atoms with E-state index in [1.165, 1.54) is 5.56 Å². The van der Waals surface area contributed by atoms with Gasteiger partial charge in [0.15, 0.2) is 0 Å². The second-order valence-electron chi connectivity index (χ2n) is 9.31. The lowest BCUT2D eigenvalue weighted by molar-refractivity contribution is -0.133. The number of carbonyl (C=O) groups excluding carboxylic acids is 3. The van der Waals surface area contributed by atoms with Crippen LogP contribution in [0.3, 0.4) is 0 Å². The first-order valence-corrected chi connectivity index (χ1v) is 11.1. The number of nitrogens with one attached hydrogen (secondary N) is 3. The molecule has 8 nitrogen and oxygen atoms in total. The number of piperidine rings is 2. The molecule has 2 aliphatic rings. The highest BCUT2D eigenvalue weighted by Crippen LogP contribution is 2.29. The summed E-state index contributed by atoms with van der Waals surface area (Å²) in [6.45, 7) is 8.97. The van der Waals surface area contributed by atoms with Crippen molar-refractivity contribution in [3.63, 3.8) is 0 Å². The Bertz CT molecular complexity index is 780. The van der Waals surface area contributed by atoms with Crippen LogP contribution >= 0.6 is 0 Å². The Morgan fingerprint density at radius 2 is 1.81 bits per heavy atom. The second-order valence-corrected chi connectivity index (χ2v) is 9.31. The summed E-state index contributed by atoms with van der Waals surface area (Å²) in [5.41, 5.74) is 1.72. The van der Waals surface area contributed by atoms with Gasteiger partial charge in [0, 0.05) is 25.2 Å². The molecule has 3 rings (SSSR count). The van der Waals surface area contributed by atoms with Crippen molar-refractivity contribution in [2.45, 2.75) is 64.0 Å². The van der Waals surface area contributed by atoms with E-state index < -0.39 is 5.60 Å². The van der Waals surface area contributed by atoms with Crippen LogP contribution in [0.25, 0.3) is 0 Å². The maximum atomic E-state index is 11.9. The number of ether oxygens (including phenoxy) is 1. The summed E-state index contributed by atoms with van der Waals surface area (Å²) in [6, 6.07) is 7.91. The summed E-state index contributed by atoms with van der Waals surface area (Å²) in [6.07, 6.45) is 2.67. The average Bonchev–Trinajstić information content (AvgIpc) is 2.70. The van der Waals surface area contributed by atoms with Crippen LogP contribution in [0.2, 0.25) is 0 Å². The first kappa shape index (κ1) is 23.1. The van der Waals surface area contributed by atoms with Crippen molar-refractivity contribution in [1.82, 2.24) is 15.5 Å². The van der Waals surface area contributed by atoms with Crippen LogP contribution < -0.4 is 16.0 Å². The minimum absolute atomic E-state index is 0.203. The van der Waals surface area contributed by atoms with Gasteiger partial charge >= 0.3 is 6.09 Å².